The average Bonchev–Trinajstić information content (AvgIpc) is 3.36. The summed E-state index contributed by atoms with van der Waals surface area (Å²) >= 11 is 5.83. The fourth-order valence-corrected chi connectivity index (χ4v) is 5.87. The molecule has 11 heteroatoms. The third kappa shape index (κ3) is 4.26. The Labute approximate surface area is 201 Å². The number of carbonyl (C=O) groups is 2. The molecule has 0 aliphatic heterocycles. The summed E-state index contributed by atoms with van der Waals surface area (Å²) < 4.78 is 41.8. The molecule has 0 spiro atoms. The Morgan fingerprint density at radius 1 is 1.18 bits per heavy atom. The van der Waals surface area contributed by atoms with Gasteiger partial charge >= 0.3 is 6.03 Å². The quantitative estimate of drug-likeness (QED) is 0.488. The second-order valence-corrected chi connectivity index (χ2v) is 10.1. The van der Waals surface area contributed by atoms with Crippen LogP contribution in [0.3, 0.4) is 0 Å². The number of anilines is 1. The molecule has 1 aromatic heterocycles. The molecule has 1 unspecified atom stereocenters. The molecule has 0 bridgehead atoms. The molecule has 2 aromatic carbocycles. The van der Waals surface area contributed by atoms with Crippen molar-refractivity contribution < 1.29 is 22.4 Å². The van der Waals surface area contributed by atoms with E-state index in [9.17, 15) is 22.4 Å². The first-order valence-electron chi connectivity index (χ1n) is 10.4. The van der Waals surface area contributed by atoms with Crippen molar-refractivity contribution in [2.45, 2.75) is 30.7 Å². The van der Waals surface area contributed by atoms with Crippen LogP contribution in [0.25, 0.3) is 0 Å². The molecular weight excluding hydrogens is 483 g/mol. The van der Waals surface area contributed by atoms with Gasteiger partial charge in [-0.05, 0) is 60.7 Å². The molecule has 0 radical (unpaired) electrons. The van der Waals surface area contributed by atoms with Gasteiger partial charge in [-0.15, -0.1) is 0 Å². The summed E-state index contributed by atoms with van der Waals surface area (Å²) in [7, 11) is -2.67. The van der Waals surface area contributed by atoms with E-state index in [0.29, 0.717) is 29.5 Å². The van der Waals surface area contributed by atoms with Crippen molar-refractivity contribution in [3.05, 3.63) is 81.9 Å². The van der Waals surface area contributed by atoms with Crippen LogP contribution in [-0.4, -0.2) is 31.4 Å². The van der Waals surface area contributed by atoms with Gasteiger partial charge in [-0.3, -0.25) is 4.79 Å². The highest BCUT2D eigenvalue weighted by Gasteiger charge is 2.36. The number of hydrogen-bond acceptors (Lipinski definition) is 4. The van der Waals surface area contributed by atoms with E-state index >= 15 is 0 Å². The minimum absolute atomic E-state index is 0.0540. The number of carbonyl (C=O) groups excluding carboxylic acids is 2. The third-order valence-corrected chi connectivity index (χ3v) is 7.83. The summed E-state index contributed by atoms with van der Waals surface area (Å²) in [4.78, 5) is 25.3. The number of nitrogens with one attached hydrogen (secondary N) is 3. The van der Waals surface area contributed by atoms with Gasteiger partial charge in [0.25, 0.3) is 15.9 Å². The third-order valence-electron chi connectivity index (χ3n) is 5.72. The van der Waals surface area contributed by atoms with Crippen molar-refractivity contribution in [1.29, 1.82) is 0 Å². The Hall–Kier alpha value is -3.37. The highest BCUT2D eigenvalue weighted by molar-refractivity contribution is 7.90. The molecule has 1 heterocycles. The number of halogens is 2. The molecule has 1 aliphatic rings. The molecule has 3 aromatic rings. The summed E-state index contributed by atoms with van der Waals surface area (Å²) in [5.41, 5.74) is 1.73. The highest BCUT2D eigenvalue weighted by atomic mass is 35.5. The zero-order chi connectivity index (χ0) is 24.6. The number of benzene rings is 2. The molecule has 3 N–H and O–H groups in total. The van der Waals surface area contributed by atoms with Gasteiger partial charge in [-0.1, -0.05) is 29.8 Å². The summed E-state index contributed by atoms with van der Waals surface area (Å²) in [6.45, 7) is 1.67. The predicted molar refractivity (Wildman–Crippen MR) is 126 cm³/mol. The number of urea groups is 1. The maximum Gasteiger partial charge on any atom is 0.315 e. The molecule has 34 heavy (non-hydrogen) atoms. The fourth-order valence-electron chi connectivity index (χ4n) is 4.07. The van der Waals surface area contributed by atoms with E-state index in [4.69, 9.17) is 11.6 Å². The minimum Gasteiger partial charge on any atom is -0.341 e. The van der Waals surface area contributed by atoms with Crippen molar-refractivity contribution in [2.75, 3.05) is 12.4 Å². The van der Waals surface area contributed by atoms with Crippen molar-refractivity contribution in [3.8, 4) is 0 Å². The van der Waals surface area contributed by atoms with Gasteiger partial charge in [0.05, 0.1) is 16.0 Å². The molecule has 8 nitrogen and oxygen atoms in total. The van der Waals surface area contributed by atoms with Crippen molar-refractivity contribution in [2.24, 2.45) is 0 Å². The lowest BCUT2D eigenvalue weighted by molar-refractivity contribution is 0.102. The molecule has 0 fully saturated rings. The zero-order valence-corrected chi connectivity index (χ0v) is 19.9. The molecule has 1 atom stereocenters. The number of aromatic nitrogens is 1. The van der Waals surface area contributed by atoms with E-state index in [2.05, 4.69) is 16.0 Å². The van der Waals surface area contributed by atoms with Crippen LogP contribution in [0.5, 0.6) is 0 Å². The average molecular weight is 505 g/mol. The number of aryl methyl sites for hydroxylation is 1. The van der Waals surface area contributed by atoms with E-state index in [1.165, 1.54) is 31.4 Å². The van der Waals surface area contributed by atoms with Gasteiger partial charge in [-0.25, -0.2) is 21.6 Å². The molecular formula is C23H22ClFN4O4S. The standard InChI is InChI=1S/C23H22ClFN4O4S/c1-13-5-3-4-6-20(13)34(32,33)29-12-16-15(8-10-19(16)28-23(31)26-2)21(29)22(30)27-14-7-9-18(25)17(24)11-14/h3-7,9,11-12,19H,8,10H2,1-2H3,(H,27,30)(H2,26,28,31). The van der Waals surface area contributed by atoms with Gasteiger partial charge in [-0.2, -0.15) is 0 Å². The molecule has 3 amide bonds. The monoisotopic (exact) mass is 504 g/mol. The predicted octanol–water partition coefficient (Wildman–Crippen LogP) is 3.99. The van der Waals surface area contributed by atoms with Crippen LogP contribution in [0.1, 0.15) is 39.6 Å². The molecule has 178 valence electrons. The van der Waals surface area contributed by atoms with Crippen LogP contribution in [0.15, 0.2) is 53.6 Å². The van der Waals surface area contributed by atoms with Crippen LogP contribution in [0, 0.1) is 12.7 Å². The number of hydrogen-bond donors (Lipinski definition) is 3. The lowest BCUT2D eigenvalue weighted by Crippen LogP contribution is -2.34. The van der Waals surface area contributed by atoms with Gasteiger partial charge in [0, 0.05) is 18.9 Å². The summed E-state index contributed by atoms with van der Waals surface area (Å²) in [5.74, 6) is -1.34. The van der Waals surface area contributed by atoms with E-state index in [1.807, 2.05) is 0 Å². The number of fused-ring (bicyclic) bond motifs is 1. The fraction of sp³-hybridized carbons (Fsp3) is 0.217. The SMILES string of the molecule is CNC(=O)NC1CCc2c1cn(S(=O)(=O)c1ccccc1C)c2C(=O)Nc1ccc(F)c(Cl)c1. The van der Waals surface area contributed by atoms with Gasteiger partial charge < -0.3 is 16.0 Å². The number of amides is 3. The lowest BCUT2D eigenvalue weighted by Gasteiger charge is -2.15. The van der Waals surface area contributed by atoms with E-state index in [1.54, 1.807) is 25.1 Å². The van der Waals surface area contributed by atoms with E-state index in [0.717, 1.165) is 10.0 Å². The molecule has 1 aliphatic carbocycles. The summed E-state index contributed by atoms with van der Waals surface area (Å²) in [5, 5.41) is 7.69. The first-order valence-corrected chi connectivity index (χ1v) is 12.2. The van der Waals surface area contributed by atoms with Crippen LogP contribution in [0.2, 0.25) is 5.02 Å². The molecule has 0 saturated carbocycles. The maximum absolute atomic E-state index is 13.6. The van der Waals surface area contributed by atoms with Crippen molar-refractivity contribution in [3.63, 3.8) is 0 Å². The summed E-state index contributed by atoms with van der Waals surface area (Å²) in [6.07, 6.45) is 2.27. The first-order chi connectivity index (χ1) is 16.1. The topological polar surface area (TPSA) is 109 Å². The van der Waals surface area contributed by atoms with Crippen LogP contribution >= 0.6 is 11.6 Å². The Balaban J connectivity index is 1.83. The molecule has 0 saturated heterocycles. The first kappa shape index (κ1) is 23.8. The maximum atomic E-state index is 13.6. The smallest absolute Gasteiger partial charge is 0.315 e. The summed E-state index contributed by atoms with van der Waals surface area (Å²) in [6, 6.07) is 9.26. The Bertz CT molecular complexity index is 1400. The number of nitrogens with zero attached hydrogens (tertiary/aromatic N) is 1. The normalized spacial score (nSPS) is 15.0. The van der Waals surface area contributed by atoms with Crippen LogP contribution in [0.4, 0.5) is 14.9 Å². The Kier molecular flexibility index (Phi) is 6.37. The lowest BCUT2D eigenvalue weighted by atomic mass is 10.1. The second-order valence-electron chi connectivity index (χ2n) is 7.88. The van der Waals surface area contributed by atoms with Gasteiger partial charge in [0.1, 0.15) is 11.5 Å². The Morgan fingerprint density at radius 3 is 2.59 bits per heavy atom. The van der Waals surface area contributed by atoms with Crippen LogP contribution < -0.4 is 16.0 Å². The van der Waals surface area contributed by atoms with Gasteiger partial charge in [0.15, 0.2) is 0 Å². The second kappa shape index (κ2) is 9.11. The zero-order valence-electron chi connectivity index (χ0n) is 18.4. The van der Waals surface area contributed by atoms with Crippen molar-refractivity contribution >= 4 is 39.2 Å². The highest BCUT2D eigenvalue weighted by Crippen LogP contribution is 2.37. The number of rotatable bonds is 5. The Morgan fingerprint density at radius 2 is 1.91 bits per heavy atom. The van der Waals surface area contributed by atoms with Crippen molar-refractivity contribution in [1.82, 2.24) is 14.6 Å². The van der Waals surface area contributed by atoms with Crippen LogP contribution in [-0.2, 0) is 16.4 Å². The largest absolute Gasteiger partial charge is 0.341 e. The minimum atomic E-state index is -4.15. The van der Waals surface area contributed by atoms with Gasteiger partial charge in [0.2, 0.25) is 0 Å². The van der Waals surface area contributed by atoms with E-state index < -0.39 is 33.8 Å². The molecule has 4 rings (SSSR count). The van der Waals surface area contributed by atoms with E-state index in [-0.39, 0.29) is 21.3 Å².